The lowest BCUT2D eigenvalue weighted by molar-refractivity contribution is -0.118. The minimum atomic E-state index is -0.321. The van der Waals surface area contributed by atoms with E-state index in [2.05, 4.69) is 15.7 Å². The number of hydrogen-bond donors (Lipinski definition) is 4. The second-order valence-corrected chi connectivity index (χ2v) is 3.45. The predicted octanol–water partition coefficient (Wildman–Crippen LogP) is -1.30. The minimum absolute atomic E-state index is 0.107. The van der Waals surface area contributed by atoms with E-state index in [4.69, 9.17) is 16.3 Å². The first kappa shape index (κ1) is 14.7. The molecule has 94 valence electrons. The third-order valence-electron chi connectivity index (χ3n) is 1.79. The molecular weight excluding hydrogens is 210 g/mol. The largest absolute Gasteiger partial charge is 0.383 e. The lowest BCUT2D eigenvalue weighted by Crippen LogP contribution is -2.46. The first-order valence-electron chi connectivity index (χ1n) is 5.15. The van der Waals surface area contributed by atoms with E-state index in [0.717, 1.165) is 0 Å². The Morgan fingerprint density at radius 1 is 1.56 bits per heavy atom. The summed E-state index contributed by atoms with van der Waals surface area (Å²) in [4.78, 5) is 14.6. The molecule has 16 heavy (non-hydrogen) atoms. The SMILES string of the molecule is COCC(C)NC(=NCCCC(N)=O)NN. The number of carbonyl (C=O) groups excluding carboxylic acids is 1. The van der Waals surface area contributed by atoms with E-state index in [1.54, 1.807) is 7.11 Å². The number of methoxy groups -OCH3 is 1. The molecule has 7 nitrogen and oxygen atoms in total. The third-order valence-corrected chi connectivity index (χ3v) is 1.79. The maximum Gasteiger partial charge on any atom is 0.217 e. The number of rotatable bonds is 7. The highest BCUT2D eigenvalue weighted by Gasteiger charge is 2.03. The molecule has 0 aliphatic rings. The maximum absolute atomic E-state index is 10.5. The van der Waals surface area contributed by atoms with Gasteiger partial charge in [0.05, 0.1) is 6.61 Å². The van der Waals surface area contributed by atoms with Gasteiger partial charge in [0.1, 0.15) is 0 Å². The number of nitrogens with two attached hydrogens (primary N) is 2. The van der Waals surface area contributed by atoms with Crippen molar-refractivity contribution in [2.45, 2.75) is 25.8 Å². The number of ether oxygens (including phenoxy) is 1. The van der Waals surface area contributed by atoms with Gasteiger partial charge in [-0.05, 0) is 13.3 Å². The zero-order valence-corrected chi connectivity index (χ0v) is 9.82. The van der Waals surface area contributed by atoms with Crippen molar-refractivity contribution in [3.8, 4) is 0 Å². The number of hydrazine groups is 1. The summed E-state index contributed by atoms with van der Waals surface area (Å²) >= 11 is 0. The van der Waals surface area contributed by atoms with Gasteiger partial charge in [0.25, 0.3) is 0 Å². The van der Waals surface area contributed by atoms with Crippen LogP contribution in [0.25, 0.3) is 0 Å². The minimum Gasteiger partial charge on any atom is -0.383 e. The van der Waals surface area contributed by atoms with Gasteiger partial charge >= 0.3 is 0 Å². The van der Waals surface area contributed by atoms with Crippen LogP contribution in [-0.4, -0.2) is 38.2 Å². The molecular formula is C9H21N5O2. The van der Waals surface area contributed by atoms with Crippen LogP contribution in [0.1, 0.15) is 19.8 Å². The number of amides is 1. The lowest BCUT2D eigenvalue weighted by atomic mass is 10.3. The average molecular weight is 231 g/mol. The van der Waals surface area contributed by atoms with Crippen molar-refractivity contribution < 1.29 is 9.53 Å². The molecule has 0 bridgehead atoms. The molecule has 1 unspecified atom stereocenters. The fourth-order valence-electron chi connectivity index (χ4n) is 1.10. The number of guanidine groups is 1. The van der Waals surface area contributed by atoms with E-state index in [1.165, 1.54) is 0 Å². The van der Waals surface area contributed by atoms with E-state index in [1.807, 2.05) is 6.92 Å². The Morgan fingerprint density at radius 2 is 2.25 bits per heavy atom. The molecule has 0 fully saturated rings. The van der Waals surface area contributed by atoms with Crippen molar-refractivity contribution in [3.63, 3.8) is 0 Å². The van der Waals surface area contributed by atoms with Gasteiger partial charge in [-0.25, -0.2) is 5.84 Å². The fourth-order valence-corrected chi connectivity index (χ4v) is 1.10. The molecule has 0 aromatic rings. The summed E-state index contributed by atoms with van der Waals surface area (Å²) in [6.45, 7) is 3.00. The van der Waals surface area contributed by atoms with Crippen molar-refractivity contribution in [1.82, 2.24) is 10.7 Å². The van der Waals surface area contributed by atoms with Crippen LogP contribution < -0.4 is 22.3 Å². The number of nitrogens with zero attached hydrogens (tertiary/aromatic N) is 1. The van der Waals surface area contributed by atoms with Gasteiger partial charge in [0, 0.05) is 26.1 Å². The van der Waals surface area contributed by atoms with Gasteiger partial charge in [0.2, 0.25) is 11.9 Å². The predicted molar refractivity (Wildman–Crippen MR) is 62.5 cm³/mol. The van der Waals surface area contributed by atoms with Crippen LogP contribution in [0, 0.1) is 0 Å². The van der Waals surface area contributed by atoms with Gasteiger partial charge in [-0.1, -0.05) is 0 Å². The normalized spacial score (nSPS) is 13.3. The van der Waals surface area contributed by atoms with Crippen LogP contribution in [0.4, 0.5) is 0 Å². The van der Waals surface area contributed by atoms with Gasteiger partial charge in [-0.15, -0.1) is 0 Å². The van der Waals surface area contributed by atoms with Crippen molar-refractivity contribution in [1.29, 1.82) is 0 Å². The summed E-state index contributed by atoms with van der Waals surface area (Å²) in [5, 5.41) is 3.03. The molecule has 0 aromatic heterocycles. The smallest absolute Gasteiger partial charge is 0.217 e. The van der Waals surface area contributed by atoms with Gasteiger partial charge in [-0.2, -0.15) is 0 Å². The Bertz CT molecular complexity index is 232. The van der Waals surface area contributed by atoms with Gasteiger partial charge in [0.15, 0.2) is 0 Å². The van der Waals surface area contributed by atoms with Crippen LogP contribution in [0.3, 0.4) is 0 Å². The molecule has 1 amide bonds. The van der Waals surface area contributed by atoms with E-state index in [0.29, 0.717) is 32.0 Å². The molecule has 0 saturated carbocycles. The van der Waals surface area contributed by atoms with Crippen molar-refractivity contribution in [2.24, 2.45) is 16.6 Å². The van der Waals surface area contributed by atoms with Gasteiger partial charge in [-0.3, -0.25) is 15.2 Å². The molecule has 0 saturated heterocycles. The molecule has 0 spiro atoms. The summed E-state index contributed by atoms with van der Waals surface area (Å²) < 4.78 is 4.96. The van der Waals surface area contributed by atoms with Crippen molar-refractivity contribution in [3.05, 3.63) is 0 Å². The number of aliphatic imine (C=N–C) groups is 1. The average Bonchev–Trinajstić information content (AvgIpc) is 2.22. The van der Waals surface area contributed by atoms with Crippen molar-refractivity contribution in [2.75, 3.05) is 20.3 Å². The molecule has 7 heteroatoms. The highest BCUT2D eigenvalue weighted by atomic mass is 16.5. The zero-order chi connectivity index (χ0) is 12.4. The highest BCUT2D eigenvalue weighted by Crippen LogP contribution is 1.89. The van der Waals surface area contributed by atoms with Crippen LogP contribution in [0.15, 0.2) is 4.99 Å². The molecule has 0 aliphatic heterocycles. The van der Waals surface area contributed by atoms with Crippen LogP contribution in [0.5, 0.6) is 0 Å². The van der Waals surface area contributed by atoms with Gasteiger partial charge < -0.3 is 15.8 Å². The zero-order valence-electron chi connectivity index (χ0n) is 9.82. The molecule has 0 heterocycles. The summed E-state index contributed by atoms with van der Waals surface area (Å²) in [6, 6.07) is 0.107. The second kappa shape index (κ2) is 8.93. The number of carbonyl (C=O) groups is 1. The second-order valence-electron chi connectivity index (χ2n) is 3.45. The standard InChI is InChI=1S/C9H21N5O2/c1-7(6-16-2)13-9(14-11)12-5-3-4-8(10)15/h7H,3-6,11H2,1-2H3,(H2,10,15)(H2,12,13,14). The summed E-state index contributed by atoms with van der Waals surface area (Å²) in [5.41, 5.74) is 7.45. The lowest BCUT2D eigenvalue weighted by Gasteiger charge is -2.15. The van der Waals surface area contributed by atoms with E-state index < -0.39 is 0 Å². The Hall–Kier alpha value is -1.34. The Balaban J connectivity index is 3.87. The van der Waals surface area contributed by atoms with Crippen LogP contribution >= 0.6 is 0 Å². The van der Waals surface area contributed by atoms with E-state index in [-0.39, 0.29) is 11.9 Å². The quantitative estimate of drug-likeness (QED) is 0.143. The van der Waals surface area contributed by atoms with E-state index in [9.17, 15) is 4.79 Å². The Kier molecular flexibility index (Phi) is 8.18. The summed E-state index contributed by atoms with van der Waals surface area (Å²) in [5.74, 6) is 5.44. The fraction of sp³-hybridized carbons (Fsp3) is 0.778. The topological polar surface area (TPSA) is 115 Å². The van der Waals surface area contributed by atoms with Crippen LogP contribution in [0.2, 0.25) is 0 Å². The first-order chi connectivity index (χ1) is 7.60. The number of primary amides is 1. The summed E-state index contributed by atoms with van der Waals surface area (Å²) in [6.07, 6.45) is 0.940. The molecule has 0 rings (SSSR count). The Morgan fingerprint density at radius 3 is 2.75 bits per heavy atom. The Labute approximate surface area is 95.6 Å². The first-order valence-corrected chi connectivity index (χ1v) is 5.15. The molecule has 1 atom stereocenters. The van der Waals surface area contributed by atoms with Crippen molar-refractivity contribution >= 4 is 11.9 Å². The number of nitrogens with one attached hydrogen (secondary N) is 2. The van der Waals surface area contributed by atoms with E-state index >= 15 is 0 Å². The third kappa shape index (κ3) is 8.01. The highest BCUT2D eigenvalue weighted by molar-refractivity contribution is 5.79. The molecule has 0 aliphatic carbocycles. The number of hydrogen-bond acceptors (Lipinski definition) is 4. The maximum atomic E-state index is 10.5. The molecule has 6 N–H and O–H groups in total. The molecule has 0 radical (unpaired) electrons. The molecule has 0 aromatic carbocycles. The monoisotopic (exact) mass is 231 g/mol. The van der Waals surface area contributed by atoms with Crippen LogP contribution in [-0.2, 0) is 9.53 Å². The summed E-state index contributed by atoms with van der Waals surface area (Å²) in [7, 11) is 1.62.